The number of hydrogen-bond donors (Lipinski definition) is 3. The van der Waals surface area contributed by atoms with Gasteiger partial charge in [0.05, 0.1) is 0 Å². The first-order valence-electron chi connectivity index (χ1n) is 9.70. The molecular weight excluding hydrogens is 378 g/mol. The standard InChI is InChI=1S/C20H29N5O2.ClH/c1-3-25(4-2)11-12-27-16-7-5-15(6-8-16)13-22-20(26)19-17-14-21-10-9-18(17)23-24-19;/h5-8,21H,3-4,9-14H2,1-2H3,(H,22,26)(H,23,24);1H. The summed E-state index contributed by atoms with van der Waals surface area (Å²) in [5.74, 6) is 0.709. The summed E-state index contributed by atoms with van der Waals surface area (Å²) in [7, 11) is 0. The van der Waals surface area contributed by atoms with E-state index in [1.165, 1.54) is 0 Å². The van der Waals surface area contributed by atoms with Gasteiger partial charge in [-0.15, -0.1) is 12.4 Å². The Bertz CT molecular complexity index is 744. The fourth-order valence-electron chi connectivity index (χ4n) is 3.22. The predicted molar refractivity (Wildman–Crippen MR) is 112 cm³/mol. The summed E-state index contributed by atoms with van der Waals surface area (Å²) in [6.45, 7) is 10.1. The zero-order valence-electron chi connectivity index (χ0n) is 16.6. The molecule has 1 aromatic carbocycles. The topological polar surface area (TPSA) is 82.3 Å². The third kappa shape index (κ3) is 5.70. The summed E-state index contributed by atoms with van der Waals surface area (Å²) < 4.78 is 5.79. The Balaban J connectivity index is 0.00000280. The highest BCUT2D eigenvalue weighted by Gasteiger charge is 2.21. The third-order valence-electron chi connectivity index (χ3n) is 4.97. The zero-order valence-corrected chi connectivity index (χ0v) is 17.4. The van der Waals surface area contributed by atoms with Gasteiger partial charge in [-0.25, -0.2) is 0 Å². The number of fused-ring (bicyclic) bond motifs is 1. The third-order valence-corrected chi connectivity index (χ3v) is 4.97. The molecule has 0 saturated carbocycles. The Hall–Kier alpha value is -2.09. The van der Waals surface area contributed by atoms with Gasteiger partial charge in [0, 0.05) is 43.9 Å². The van der Waals surface area contributed by atoms with E-state index in [0.717, 1.165) is 55.2 Å². The number of nitrogens with zero attached hydrogens (tertiary/aromatic N) is 2. The van der Waals surface area contributed by atoms with Gasteiger partial charge in [-0.3, -0.25) is 9.89 Å². The van der Waals surface area contributed by atoms with Crippen molar-refractivity contribution in [1.29, 1.82) is 0 Å². The van der Waals surface area contributed by atoms with Crippen LogP contribution in [-0.4, -0.2) is 53.8 Å². The first-order valence-corrected chi connectivity index (χ1v) is 9.70. The van der Waals surface area contributed by atoms with E-state index in [1.54, 1.807) is 0 Å². The first-order chi connectivity index (χ1) is 13.2. The van der Waals surface area contributed by atoms with E-state index in [1.807, 2.05) is 24.3 Å². The van der Waals surface area contributed by atoms with E-state index < -0.39 is 0 Å². The van der Waals surface area contributed by atoms with Crippen molar-refractivity contribution < 1.29 is 9.53 Å². The van der Waals surface area contributed by atoms with Crippen LogP contribution in [0.2, 0.25) is 0 Å². The van der Waals surface area contributed by atoms with Gasteiger partial charge >= 0.3 is 0 Å². The molecule has 0 fully saturated rings. The number of H-pyrrole nitrogens is 1. The molecule has 1 aliphatic rings. The molecule has 8 heteroatoms. The highest BCUT2D eigenvalue weighted by Crippen LogP contribution is 2.16. The van der Waals surface area contributed by atoms with E-state index >= 15 is 0 Å². The second-order valence-corrected chi connectivity index (χ2v) is 6.66. The molecule has 0 bridgehead atoms. The van der Waals surface area contributed by atoms with Crippen molar-refractivity contribution in [3.8, 4) is 5.75 Å². The summed E-state index contributed by atoms with van der Waals surface area (Å²) in [5.41, 5.74) is 3.57. The summed E-state index contributed by atoms with van der Waals surface area (Å²) >= 11 is 0. The Kier molecular flexibility index (Phi) is 8.76. The largest absolute Gasteiger partial charge is 0.492 e. The van der Waals surface area contributed by atoms with Crippen LogP contribution >= 0.6 is 12.4 Å². The van der Waals surface area contributed by atoms with Crippen molar-refractivity contribution >= 4 is 18.3 Å². The van der Waals surface area contributed by atoms with Crippen molar-refractivity contribution in [2.75, 3.05) is 32.8 Å². The molecule has 2 aromatic rings. The van der Waals surface area contributed by atoms with Gasteiger partial charge in [0.2, 0.25) is 0 Å². The maximum absolute atomic E-state index is 12.4. The number of ether oxygens (including phenoxy) is 1. The van der Waals surface area contributed by atoms with Crippen molar-refractivity contribution in [1.82, 2.24) is 25.7 Å². The number of benzene rings is 1. The van der Waals surface area contributed by atoms with E-state index in [2.05, 4.69) is 39.6 Å². The molecule has 1 amide bonds. The van der Waals surface area contributed by atoms with Gasteiger partial charge in [0.15, 0.2) is 5.69 Å². The first kappa shape index (κ1) is 22.2. The zero-order chi connectivity index (χ0) is 19.1. The van der Waals surface area contributed by atoms with Crippen molar-refractivity contribution in [3.63, 3.8) is 0 Å². The Morgan fingerprint density at radius 3 is 2.71 bits per heavy atom. The van der Waals surface area contributed by atoms with Crippen molar-refractivity contribution in [3.05, 3.63) is 46.8 Å². The highest BCUT2D eigenvalue weighted by atomic mass is 35.5. The summed E-state index contributed by atoms with van der Waals surface area (Å²) in [6.07, 6.45) is 0.880. The summed E-state index contributed by atoms with van der Waals surface area (Å²) in [4.78, 5) is 14.8. The van der Waals surface area contributed by atoms with Crippen LogP contribution in [0.3, 0.4) is 0 Å². The fourth-order valence-corrected chi connectivity index (χ4v) is 3.22. The molecule has 0 saturated heterocycles. The van der Waals surface area contributed by atoms with Crippen LogP contribution in [0.5, 0.6) is 5.75 Å². The number of aromatic nitrogens is 2. The lowest BCUT2D eigenvalue weighted by Crippen LogP contribution is -2.28. The summed E-state index contributed by atoms with van der Waals surface area (Å²) in [6, 6.07) is 7.86. The molecule has 0 aliphatic carbocycles. The fraction of sp³-hybridized carbons (Fsp3) is 0.500. The molecule has 0 spiro atoms. The molecule has 0 atom stereocenters. The van der Waals surface area contributed by atoms with Crippen LogP contribution in [0.1, 0.15) is 41.2 Å². The number of rotatable bonds is 9. The quantitative estimate of drug-likeness (QED) is 0.593. The van der Waals surface area contributed by atoms with Gasteiger partial charge in [-0.2, -0.15) is 5.10 Å². The normalized spacial score (nSPS) is 13.0. The average molecular weight is 408 g/mol. The average Bonchev–Trinajstić information content (AvgIpc) is 3.14. The van der Waals surface area contributed by atoms with E-state index in [9.17, 15) is 4.79 Å². The molecule has 28 heavy (non-hydrogen) atoms. The monoisotopic (exact) mass is 407 g/mol. The molecular formula is C20H30ClN5O2. The van der Waals surface area contributed by atoms with E-state index in [4.69, 9.17) is 4.74 Å². The van der Waals surface area contributed by atoms with Crippen molar-refractivity contribution in [2.24, 2.45) is 0 Å². The number of likely N-dealkylation sites (N-methyl/N-ethyl adjacent to an activating group) is 1. The van der Waals surface area contributed by atoms with Crippen molar-refractivity contribution in [2.45, 2.75) is 33.4 Å². The lowest BCUT2D eigenvalue weighted by atomic mass is 10.1. The second-order valence-electron chi connectivity index (χ2n) is 6.66. The number of carbonyl (C=O) groups is 1. The van der Waals surface area contributed by atoms with Gasteiger partial charge < -0.3 is 20.3 Å². The van der Waals surface area contributed by atoms with E-state index in [0.29, 0.717) is 25.4 Å². The maximum Gasteiger partial charge on any atom is 0.272 e. The SMILES string of the molecule is CCN(CC)CCOc1ccc(CNC(=O)c2n[nH]c3c2CNCC3)cc1.Cl. The second kappa shape index (κ2) is 11.0. The lowest BCUT2D eigenvalue weighted by molar-refractivity contribution is 0.0944. The minimum absolute atomic E-state index is 0. The molecule has 7 nitrogen and oxygen atoms in total. The molecule has 2 heterocycles. The van der Waals surface area contributed by atoms with Crippen LogP contribution in [0.25, 0.3) is 0 Å². The van der Waals surface area contributed by atoms with Gasteiger partial charge in [0.25, 0.3) is 5.91 Å². The summed E-state index contributed by atoms with van der Waals surface area (Å²) in [5, 5.41) is 13.4. The van der Waals surface area contributed by atoms with Crippen LogP contribution < -0.4 is 15.4 Å². The van der Waals surface area contributed by atoms with Gasteiger partial charge in [-0.05, 0) is 30.8 Å². The number of nitrogens with one attached hydrogen (secondary N) is 3. The molecule has 1 aliphatic heterocycles. The molecule has 0 unspecified atom stereocenters. The number of amides is 1. The van der Waals surface area contributed by atoms with Gasteiger partial charge in [-0.1, -0.05) is 26.0 Å². The number of halogens is 1. The van der Waals surface area contributed by atoms with Crippen LogP contribution in [0, 0.1) is 0 Å². The number of carbonyl (C=O) groups excluding carboxylic acids is 1. The molecule has 1 aromatic heterocycles. The van der Waals surface area contributed by atoms with Crippen LogP contribution in [0.15, 0.2) is 24.3 Å². The Morgan fingerprint density at radius 2 is 2.00 bits per heavy atom. The minimum atomic E-state index is -0.143. The molecule has 0 radical (unpaired) electrons. The number of aromatic amines is 1. The maximum atomic E-state index is 12.4. The molecule has 3 N–H and O–H groups in total. The molecule has 154 valence electrons. The minimum Gasteiger partial charge on any atom is -0.492 e. The highest BCUT2D eigenvalue weighted by molar-refractivity contribution is 5.94. The Morgan fingerprint density at radius 1 is 1.25 bits per heavy atom. The molecule has 3 rings (SSSR count). The lowest BCUT2D eigenvalue weighted by Gasteiger charge is -2.18. The Labute approximate surface area is 172 Å². The number of hydrogen-bond acceptors (Lipinski definition) is 5. The van der Waals surface area contributed by atoms with Gasteiger partial charge in [0.1, 0.15) is 12.4 Å². The predicted octanol–water partition coefficient (Wildman–Crippen LogP) is 2.13. The van der Waals surface area contributed by atoms with Crippen LogP contribution in [0.4, 0.5) is 0 Å². The smallest absolute Gasteiger partial charge is 0.272 e. The van der Waals surface area contributed by atoms with E-state index in [-0.39, 0.29) is 18.3 Å². The van der Waals surface area contributed by atoms with Crippen LogP contribution in [-0.2, 0) is 19.5 Å².